The Morgan fingerprint density at radius 2 is 2.35 bits per heavy atom. The van der Waals surface area contributed by atoms with E-state index in [0.29, 0.717) is 13.2 Å². The highest BCUT2D eigenvalue weighted by atomic mass is 32.1. The van der Waals surface area contributed by atoms with Crippen LogP contribution < -0.4 is 5.32 Å². The first-order valence-corrected chi connectivity index (χ1v) is 7.26. The van der Waals surface area contributed by atoms with Crippen molar-refractivity contribution in [3.63, 3.8) is 0 Å². The molecule has 7 heteroatoms. The summed E-state index contributed by atoms with van der Waals surface area (Å²) in [5.41, 5.74) is 1.03. The lowest BCUT2D eigenvalue weighted by Crippen LogP contribution is -2.31. The highest BCUT2D eigenvalue weighted by Crippen LogP contribution is 2.28. The number of aromatic nitrogens is 3. The molecule has 0 amide bonds. The first kappa shape index (κ1) is 14.5. The Morgan fingerprint density at radius 3 is 3.00 bits per heavy atom. The summed E-state index contributed by atoms with van der Waals surface area (Å²) >= 11 is 1.47. The molecule has 0 bridgehead atoms. The lowest BCUT2D eigenvalue weighted by atomic mass is 9.90. The largest absolute Gasteiger partial charge is 0.465 e. The van der Waals surface area contributed by atoms with Gasteiger partial charge in [-0.05, 0) is 20.8 Å². The molecule has 108 valence electrons. The standard InChI is InChI=1S/C13H18N4O2S/c1-4-19-11(18)13(2,3)10-8-20-12(17-10)14-5-9-6-15-16-7-9/h6-8H,4-5H2,1-3H3,(H,14,17)(H,15,16). The molecule has 0 radical (unpaired) electrons. The van der Waals surface area contributed by atoms with E-state index in [2.05, 4.69) is 20.5 Å². The molecule has 0 aliphatic carbocycles. The fraction of sp³-hybridized carbons (Fsp3) is 0.462. The molecule has 0 aliphatic rings. The molecule has 2 aromatic rings. The highest BCUT2D eigenvalue weighted by molar-refractivity contribution is 7.13. The Hall–Kier alpha value is -1.89. The lowest BCUT2D eigenvalue weighted by molar-refractivity contribution is -0.148. The van der Waals surface area contributed by atoms with Crippen LogP contribution >= 0.6 is 11.3 Å². The van der Waals surface area contributed by atoms with Gasteiger partial charge in [-0.15, -0.1) is 11.3 Å². The number of thiazole rings is 1. The van der Waals surface area contributed by atoms with E-state index in [1.807, 2.05) is 25.4 Å². The van der Waals surface area contributed by atoms with Crippen molar-refractivity contribution in [2.75, 3.05) is 11.9 Å². The van der Waals surface area contributed by atoms with Crippen molar-refractivity contribution in [2.45, 2.75) is 32.7 Å². The quantitative estimate of drug-likeness (QED) is 0.799. The number of hydrogen-bond donors (Lipinski definition) is 2. The minimum atomic E-state index is -0.734. The van der Waals surface area contributed by atoms with Crippen LogP contribution in [0.3, 0.4) is 0 Å². The zero-order valence-corrected chi connectivity index (χ0v) is 12.6. The molecule has 0 spiro atoms. The van der Waals surface area contributed by atoms with Gasteiger partial charge in [0.05, 0.1) is 18.5 Å². The third-order valence-corrected chi connectivity index (χ3v) is 3.73. The summed E-state index contributed by atoms with van der Waals surface area (Å²) in [7, 11) is 0. The maximum Gasteiger partial charge on any atom is 0.317 e. The van der Waals surface area contributed by atoms with Gasteiger partial charge in [0.25, 0.3) is 0 Å². The van der Waals surface area contributed by atoms with Crippen LogP contribution in [0.1, 0.15) is 32.0 Å². The minimum absolute atomic E-state index is 0.258. The number of ether oxygens (including phenoxy) is 1. The first-order valence-electron chi connectivity index (χ1n) is 6.38. The summed E-state index contributed by atoms with van der Waals surface area (Å²) in [4.78, 5) is 16.4. The topological polar surface area (TPSA) is 79.9 Å². The van der Waals surface area contributed by atoms with Crippen LogP contribution in [0.15, 0.2) is 17.8 Å². The van der Waals surface area contributed by atoms with Crippen LogP contribution in [0.2, 0.25) is 0 Å². The summed E-state index contributed by atoms with van der Waals surface area (Å²) < 4.78 is 5.08. The van der Waals surface area contributed by atoms with Crippen LogP contribution in [-0.2, 0) is 21.5 Å². The average Bonchev–Trinajstić information content (AvgIpc) is 3.08. The summed E-state index contributed by atoms with van der Waals surface area (Å²) in [5, 5.41) is 12.5. The minimum Gasteiger partial charge on any atom is -0.465 e. The SMILES string of the molecule is CCOC(=O)C(C)(C)c1csc(NCc2cn[nH]c2)n1. The van der Waals surface area contributed by atoms with Crippen LogP contribution in [0.5, 0.6) is 0 Å². The second kappa shape index (κ2) is 6.04. The van der Waals surface area contributed by atoms with Crippen molar-refractivity contribution in [2.24, 2.45) is 0 Å². The summed E-state index contributed by atoms with van der Waals surface area (Å²) in [6, 6.07) is 0. The second-order valence-electron chi connectivity index (χ2n) is 4.84. The van der Waals surface area contributed by atoms with Gasteiger partial charge in [0.2, 0.25) is 0 Å². The van der Waals surface area contributed by atoms with Crippen LogP contribution in [0.4, 0.5) is 5.13 Å². The van der Waals surface area contributed by atoms with Crippen LogP contribution in [0, 0.1) is 0 Å². The normalized spacial score (nSPS) is 11.3. The number of aromatic amines is 1. The Balaban J connectivity index is 2.02. The number of anilines is 1. The van der Waals surface area contributed by atoms with Gasteiger partial charge < -0.3 is 10.1 Å². The van der Waals surface area contributed by atoms with E-state index in [-0.39, 0.29) is 5.97 Å². The molecule has 0 saturated heterocycles. The van der Waals surface area contributed by atoms with E-state index in [1.165, 1.54) is 11.3 Å². The number of carbonyl (C=O) groups excluding carboxylic acids is 1. The number of rotatable bonds is 6. The lowest BCUT2D eigenvalue weighted by Gasteiger charge is -2.19. The van der Waals surface area contributed by atoms with E-state index >= 15 is 0 Å². The molecule has 0 unspecified atom stereocenters. The fourth-order valence-electron chi connectivity index (χ4n) is 1.61. The molecular weight excluding hydrogens is 276 g/mol. The van der Waals surface area contributed by atoms with Gasteiger partial charge in [-0.2, -0.15) is 5.10 Å². The molecular formula is C13H18N4O2S. The molecule has 0 aromatic carbocycles. The number of hydrogen-bond acceptors (Lipinski definition) is 6. The van der Waals surface area contributed by atoms with Gasteiger partial charge in [0.15, 0.2) is 5.13 Å². The molecule has 2 heterocycles. The number of esters is 1. The first-order chi connectivity index (χ1) is 9.54. The smallest absolute Gasteiger partial charge is 0.317 e. The summed E-state index contributed by atoms with van der Waals surface area (Å²) in [6.45, 7) is 6.45. The maximum absolute atomic E-state index is 11.9. The van der Waals surface area contributed by atoms with Crippen molar-refractivity contribution in [1.29, 1.82) is 0 Å². The van der Waals surface area contributed by atoms with Crippen molar-refractivity contribution in [3.05, 3.63) is 29.0 Å². The van der Waals surface area contributed by atoms with Crippen LogP contribution in [0.25, 0.3) is 0 Å². The van der Waals surface area contributed by atoms with Crippen molar-refractivity contribution in [3.8, 4) is 0 Å². The zero-order chi connectivity index (χ0) is 14.6. The molecule has 6 nitrogen and oxygen atoms in total. The Morgan fingerprint density at radius 1 is 1.55 bits per heavy atom. The third-order valence-electron chi connectivity index (χ3n) is 2.93. The zero-order valence-electron chi connectivity index (χ0n) is 11.8. The molecule has 20 heavy (non-hydrogen) atoms. The fourth-order valence-corrected chi connectivity index (χ4v) is 2.49. The molecule has 0 aliphatic heterocycles. The molecule has 2 N–H and O–H groups in total. The van der Waals surface area contributed by atoms with Gasteiger partial charge in [0, 0.05) is 23.7 Å². The molecule has 0 saturated carbocycles. The monoisotopic (exact) mass is 294 g/mol. The second-order valence-corrected chi connectivity index (χ2v) is 5.70. The van der Waals surface area contributed by atoms with E-state index in [4.69, 9.17) is 4.74 Å². The number of nitrogens with one attached hydrogen (secondary N) is 2. The van der Waals surface area contributed by atoms with E-state index in [1.54, 1.807) is 13.1 Å². The van der Waals surface area contributed by atoms with Gasteiger partial charge >= 0.3 is 5.97 Å². The van der Waals surface area contributed by atoms with E-state index < -0.39 is 5.41 Å². The Kier molecular flexibility index (Phi) is 4.39. The highest BCUT2D eigenvalue weighted by Gasteiger charge is 2.33. The van der Waals surface area contributed by atoms with Crippen molar-refractivity contribution >= 4 is 22.4 Å². The number of nitrogens with zero attached hydrogens (tertiary/aromatic N) is 2. The molecule has 0 atom stereocenters. The molecule has 2 aromatic heterocycles. The van der Waals surface area contributed by atoms with Crippen molar-refractivity contribution < 1.29 is 9.53 Å². The van der Waals surface area contributed by atoms with E-state index in [9.17, 15) is 4.79 Å². The number of carbonyl (C=O) groups is 1. The third kappa shape index (κ3) is 3.16. The predicted molar refractivity (Wildman–Crippen MR) is 77.7 cm³/mol. The maximum atomic E-state index is 11.9. The summed E-state index contributed by atoms with van der Waals surface area (Å²) in [5.74, 6) is -0.258. The van der Waals surface area contributed by atoms with E-state index in [0.717, 1.165) is 16.4 Å². The van der Waals surface area contributed by atoms with Crippen molar-refractivity contribution in [1.82, 2.24) is 15.2 Å². The van der Waals surface area contributed by atoms with Gasteiger partial charge in [-0.1, -0.05) is 0 Å². The molecule has 2 rings (SSSR count). The predicted octanol–water partition coefficient (Wildman–Crippen LogP) is 2.32. The average molecular weight is 294 g/mol. The number of H-pyrrole nitrogens is 1. The Bertz CT molecular complexity index is 563. The molecule has 0 fully saturated rings. The van der Waals surface area contributed by atoms with Gasteiger partial charge in [0.1, 0.15) is 5.41 Å². The van der Waals surface area contributed by atoms with Gasteiger partial charge in [-0.25, -0.2) is 4.98 Å². The van der Waals surface area contributed by atoms with Crippen LogP contribution in [-0.4, -0.2) is 27.8 Å². The summed E-state index contributed by atoms with van der Waals surface area (Å²) in [6.07, 6.45) is 3.58. The van der Waals surface area contributed by atoms with Gasteiger partial charge in [-0.3, -0.25) is 9.89 Å². The Labute approximate surface area is 121 Å².